The van der Waals surface area contributed by atoms with Gasteiger partial charge < -0.3 is 14.5 Å². The Balaban J connectivity index is 2.13. The molecule has 0 aliphatic carbocycles. The monoisotopic (exact) mass is 318 g/mol. The molecule has 120 valence electrons. The first-order chi connectivity index (χ1) is 10.8. The zero-order valence-electron chi connectivity index (χ0n) is 12.7. The van der Waals surface area contributed by atoms with E-state index in [1.54, 1.807) is 38.1 Å². The highest BCUT2D eigenvalue weighted by molar-refractivity contribution is 5.61. The van der Waals surface area contributed by atoms with E-state index in [9.17, 15) is 18.7 Å². The van der Waals surface area contributed by atoms with E-state index in [1.165, 1.54) is 22.7 Å². The highest BCUT2D eigenvalue weighted by Gasteiger charge is 2.17. The molecule has 2 heterocycles. The summed E-state index contributed by atoms with van der Waals surface area (Å²) in [6.45, 7) is 3.34. The van der Waals surface area contributed by atoms with Crippen LogP contribution in [-0.2, 0) is 5.60 Å². The quantitative estimate of drug-likeness (QED) is 0.777. The van der Waals surface area contributed by atoms with E-state index in [1.807, 2.05) is 0 Å². The second kappa shape index (κ2) is 5.31. The van der Waals surface area contributed by atoms with E-state index >= 15 is 0 Å². The number of hydrogen-bond acceptors (Lipinski definition) is 2. The van der Waals surface area contributed by atoms with Crippen molar-refractivity contribution in [3.8, 4) is 11.3 Å². The zero-order chi connectivity index (χ0) is 16.8. The number of fused-ring (bicyclic) bond motifs is 1. The molecule has 0 fully saturated rings. The van der Waals surface area contributed by atoms with E-state index in [2.05, 4.69) is 4.98 Å². The number of rotatable bonds is 3. The van der Waals surface area contributed by atoms with Crippen LogP contribution in [0.2, 0.25) is 0 Å². The third kappa shape index (κ3) is 2.77. The minimum atomic E-state index is -2.66. The molecule has 0 atom stereocenters. The molecular weight excluding hydrogens is 302 g/mol. The van der Waals surface area contributed by atoms with Gasteiger partial charge in [0, 0.05) is 6.20 Å². The van der Waals surface area contributed by atoms with Crippen molar-refractivity contribution in [3.05, 3.63) is 64.2 Å². The van der Waals surface area contributed by atoms with Crippen LogP contribution >= 0.6 is 0 Å². The Labute approximate surface area is 131 Å². The lowest BCUT2D eigenvalue weighted by molar-refractivity contribution is 0.0786. The van der Waals surface area contributed by atoms with Crippen LogP contribution in [0.4, 0.5) is 8.78 Å². The number of nitrogens with zero attached hydrogens (tertiary/aromatic N) is 1. The minimum absolute atomic E-state index is 0.178. The Morgan fingerprint density at radius 1 is 1.13 bits per heavy atom. The van der Waals surface area contributed by atoms with Gasteiger partial charge in [0.2, 0.25) is 0 Å². The number of benzene rings is 1. The van der Waals surface area contributed by atoms with Gasteiger partial charge in [0.25, 0.3) is 12.0 Å². The van der Waals surface area contributed by atoms with Crippen molar-refractivity contribution in [2.24, 2.45) is 0 Å². The van der Waals surface area contributed by atoms with E-state index in [0.29, 0.717) is 11.3 Å². The predicted molar refractivity (Wildman–Crippen MR) is 83.7 cm³/mol. The summed E-state index contributed by atoms with van der Waals surface area (Å²) in [5.41, 5.74) is 0.380. The van der Waals surface area contributed by atoms with Crippen LogP contribution in [0.1, 0.15) is 31.5 Å². The van der Waals surface area contributed by atoms with Crippen LogP contribution in [-0.4, -0.2) is 14.5 Å². The Hall–Kier alpha value is -2.47. The van der Waals surface area contributed by atoms with E-state index in [4.69, 9.17) is 0 Å². The summed E-state index contributed by atoms with van der Waals surface area (Å²) >= 11 is 0. The summed E-state index contributed by atoms with van der Waals surface area (Å²) in [5, 5.41) is 9.96. The molecule has 0 unspecified atom stereocenters. The number of aromatic amines is 1. The molecule has 6 heteroatoms. The molecule has 2 aromatic heterocycles. The first kappa shape index (κ1) is 15.4. The minimum Gasteiger partial charge on any atom is -0.386 e. The van der Waals surface area contributed by atoms with Gasteiger partial charge in [-0.15, -0.1) is 0 Å². The number of hydrogen-bond donors (Lipinski definition) is 2. The molecule has 4 nitrogen and oxygen atoms in total. The molecule has 3 aromatic rings. The van der Waals surface area contributed by atoms with Crippen LogP contribution in [0, 0.1) is 0 Å². The molecule has 0 aliphatic heterocycles. The highest BCUT2D eigenvalue weighted by atomic mass is 19.3. The Morgan fingerprint density at radius 3 is 2.35 bits per heavy atom. The van der Waals surface area contributed by atoms with Crippen molar-refractivity contribution < 1.29 is 13.9 Å². The summed E-state index contributed by atoms with van der Waals surface area (Å²) in [7, 11) is 0. The number of halogens is 2. The first-order valence-electron chi connectivity index (χ1n) is 7.13. The summed E-state index contributed by atoms with van der Waals surface area (Å²) < 4.78 is 27.2. The molecule has 0 spiro atoms. The van der Waals surface area contributed by atoms with Gasteiger partial charge in [-0.2, -0.15) is 0 Å². The maximum absolute atomic E-state index is 13.0. The topological polar surface area (TPSA) is 57.5 Å². The van der Waals surface area contributed by atoms with Gasteiger partial charge in [0.15, 0.2) is 0 Å². The second-order valence-corrected chi connectivity index (χ2v) is 5.95. The molecule has 23 heavy (non-hydrogen) atoms. The van der Waals surface area contributed by atoms with E-state index < -0.39 is 17.6 Å². The fourth-order valence-electron chi connectivity index (χ4n) is 2.52. The summed E-state index contributed by atoms with van der Waals surface area (Å²) in [6, 6.07) is 9.56. The lowest BCUT2D eigenvalue weighted by Crippen LogP contribution is -2.15. The summed E-state index contributed by atoms with van der Waals surface area (Å²) in [5.74, 6) is 0. The lowest BCUT2D eigenvalue weighted by Gasteiger charge is -2.18. The Morgan fingerprint density at radius 2 is 1.78 bits per heavy atom. The SMILES string of the molecule is CC(C)(O)c1ccc(-c2cn3c(C(F)F)ccc3c(=O)[nH]2)cc1. The maximum Gasteiger partial charge on any atom is 0.278 e. The van der Waals surface area contributed by atoms with Gasteiger partial charge in [0.1, 0.15) is 5.52 Å². The average molecular weight is 318 g/mol. The van der Waals surface area contributed by atoms with Gasteiger partial charge in [-0.3, -0.25) is 4.79 Å². The molecule has 0 radical (unpaired) electrons. The zero-order valence-corrected chi connectivity index (χ0v) is 12.7. The maximum atomic E-state index is 13.0. The largest absolute Gasteiger partial charge is 0.386 e. The molecular formula is C17H16F2N2O2. The fourth-order valence-corrected chi connectivity index (χ4v) is 2.52. The summed E-state index contributed by atoms with van der Waals surface area (Å²) in [4.78, 5) is 14.8. The fraction of sp³-hybridized carbons (Fsp3) is 0.235. The normalized spacial score (nSPS) is 12.3. The van der Waals surface area contributed by atoms with Crippen molar-refractivity contribution in [1.82, 2.24) is 9.38 Å². The third-order valence-electron chi connectivity index (χ3n) is 3.81. The van der Waals surface area contributed by atoms with Gasteiger partial charge in [0.05, 0.1) is 17.0 Å². The standard InChI is InChI=1S/C17H16F2N2O2/c1-17(2,23)11-5-3-10(4-6-11)12-9-21-13(15(18)19)7-8-14(21)16(22)20-12/h3-9,15,23H,1-2H3,(H,20,22). The lowest BCUT2D eigenvalue weighted by atomic mass is 9.97. The second-order valence-electron chi connectivity index (χ2n) is 5.95. The molecule has 3 rings (SSSR count). The van der Waals surface area contributed by atoms with Crippen molar-refractivity contribution in [3.63, 3.8) is 0 Å². The molecule has 0 bridgehead atoms. The molecule has 0 aliphatic rings. The number of nitrogens with one attached hydrogen (secondary N) is 1. The highest BCUT2D eigenvalue weighted by Crippen LogP contribution is 2.25. The predicted octanol–water partition coefficient (Wildman–Crippen LogP) is 3.46. The van der Waals surface area contributed by atoms with Crippen molar-refractivity contribution in [2.45, 2.75) is 25.9 Å². The Bertz CT molecular complexity index is 903. The van der Waals surface area contributed by atoms with E-state index in [0.717, 1.165) is 5.56 Å². The van der Waals surface area contributed by atoms with Crippen LogP contribution < -0.4 is 5.56 Å². The number of aromatic nitrogens is 2. The Kier molecular flexibility index (Phi) is 3.56. The molecule has 1 aromatic carbocycles. The van der Waals surface area contributed by atoms with Crippen molar-refractivity contribution >= 4 is 5.52 Å². The van der Waals surface area contributed by atoms with Crippen LogP contribution in [0.15, 0.2) is 47.4 Å². The number of alkyl halides is 2. The van der Waals surface area contributed by atoms with Crippen LogP contribution in [0.25, 0.3) is 16.8 Å². The van der Waals surface area contributed by atoms with Gasteiger partial charge >= 0.3 is 0 Å². The third-order valence-corrected chi connectivity index (χ3v) is 3.81. The van der Waals surface area contributed by atoms with Crippen molar-refractivity contribution in [2.75, 3.05) is 0 Å². The molecule has 0 saturated carbocycles. The number of H-pyrrole nitrogens is 1. The summed E-state index contributed by atoms with van der Waals surface area (Å²) in [6.07, 6.45) is -1.18. The number of aliphatic hydroxyl groups is 1. The van der Waals surface area contributed by atoms with Crippen LogP contribution in [0.5, 0.6) is 0 Å². The van der Waals surface area contributed by atoms with Crippen LogP contribution in [0.3, 0.4) is 0 Å². The molecule has 0 amide bonds. The van der Waals surface area contributed by atoms with Gasteiger partial charge in [-0.05, 0) is 37.1 Å². The first-order valence-corrected chi connectivity index (χ1v) is 7.13. The molecule has 2 N–H and O–H groups in total. The van der Waals surface area contributed by atoms with E-state index in [-0.39, 0.29) is 11.2 Å². The molecule has 0 saturated heterocycles. The van der Waals surface area contributed by atoms with Crippen molar-refractivity contribution in [1.29, 1.82) is 0 Å². The smallest absolute Gasteiger partial charge is 0.278 e. The average Bonchev–Trinajstić information content (AvgIpc) is 2.91. The van der Waals surface area contributed by atoms with Gasteiger partial charge in [-0.25, -0.2) is 8.78 Å². The van der Waals surface area contributed by atoms with Gasteiger partial charge in [-0.1, -0.05) is 24.3 Å².